The fourth-order valence-corrected chi connectivity index (χ4v) is 3.41. The van der Waals surface area contributed by atoms with E-state index in [1.165, 1.54) is 12.1 Å². The number of nitrogens with zero attached hydrogens (tertiary/aromatic N) is 3. The molecular weight excluding hydrogens is 338 g/mol. The third-order valence-corrected chi connectivity index (χ3v) is 4.83. The Morgan fingerprint density at radius 2 is 2.20 bits per heavy atom. The van der Waals surface area contributed by atoms with Crippen molar-refractivity contribution in [1.29, 1.82) is 0 Å². The summed E-state index contributed by atoms with van der Waals surface area (Å²) in [4.78, 5) is 31.6. The maximum atomic E-state index is 12.4. The first-order valence-corrected chi connectivity index (χ1v) is 8.73. The zero-order chi connectivity index (χ0) is 17.8. The van der Waals surface area contributed by atoms with Crippen molar-refractivity contribution in [2.75, 3.05) is 24.5 Å². The molecule has 1 aliphatic rings. The first-order chi connectivity index (χ1) is 12.0. The highest BCUT2D eigenvalue weighted by Crippen LogP contribution is 2.21. The number of aromatic carboxylic acids is 1. The van der Waals surface area contributed by atoms with Crippen LogP contribution in [0, 0.1) is 11.8 Å². The molecule has 1 amide bonds. The second kappa shape index (κ2) is 7.36. The highest BCUT2D eigenvalue weighted by Gasteiger charge is 2.27. The van der Waals surface area contributed by atoms with Gasteiger partial charge in [0.2, 0.25) is 0 Å². The Morgan fingerprint density at radius 3 is 2.88 bits per heavy atom. The Labute approximate surface area is 149 Å². The normalized spacial score (nSPS) is 16.9. The van der Waals surface area contributed by atoms with Crippen molar-refractivity contribution in [3.8, 4) is 11.8 Å². The SMILES string of the molecule is CC1CN(c2nccs2)CCN1C(=O)C#Cc1cccc(C(=O)O)c1. The van der Waals surface area contributed by atoms with Gasteiger partial charge < -0.3 is 14.9 Å². The van der Waals surface area contributed by atoms with Crippen LogP contribution in [0.1, 0.15) is 22.8 Å². The molecule has 1 aromatic carbocycles. The molecule has 1 aliphatic heterocycles. The van der Waals surface area contributed by atoms with Gasteiger partial charge in [0.05, 0.1) is 5.56 Å². The number of anilines is 1. The summed E-state index contributed by atoms with van der Waals surface area (Å²) in [7, 11) is 0. The zero-order valence-corrected chi connectivity index (χ0v) is 14.5. The number of carboxylic acids is 1. The van der Waals surface area contributed by atoms with Crippen molar-refractivity contribution in [3.63, 3.8) is 0 Å². The van der Waals surface area contributed by atoms with E-state index in [2.05, 4.69) is 21.7 Å². The minimum atomic E-state index is -1.01. The van der Waals surface area contributed by atoms with Gasteiger partial charge in [-0.3, -0.25) is 4.79 Å². The first-order valence-electron chi connectivity index (χ1n) is 7.85. The molecule has 1 N–H and O–H groups in total. The number of hydrogen-bond donors (Lipinski definition) is 1. The highest BCUT2D eigenvalue weighted by molar-refractivity contribution is 7.13. The molecule has 0 saturated carbocycles. The summed E-state index contributed by atoms with van der Waals surface area (Å²) in [5, 5.41) is 11.9. The predicted octanol–water partition coefficient (Wildman–Crippen LogP) is 1.93. The number of amides is 1. The van der Waals surface area contributed by atoms with Crippen molar-refractivity contribution >= 4 is 28.3 Å². The molecule has 128 valence electrons. The molecule has 1 aromatic heterocycles. The van der Waals surface area contributed by atoms with Gasteiger partial charge in [-0.2, -0.15) is 0 Å². The average Bonchev–Trinajstić information content (AvgIpc) is 3.14. The van der Waals surface area contributed by atoms with Crippen molar-refractivity contribution in [3.05, 3.63) is 47.0 Å². The van der Waals surface area contributed by atoms with Crippen LogP contribution < -0.4 is 4.90 Å². The molecular formula is C18H17N3O3S. The van der Waals surface area contributed by atoms with E-state index in [1.807, 2.05) is 12.3 Å². The number of hydrogen-bond acceptors (Lipinski definition) is 5. The number of aromatic nitrogens is 1. The second-order valence-corrected chi connectivity index (χ2v) is 6.62. The third-order valence-electron chi connectivity index (χ3n) is 4.00. The zero-order valence-electron chi connectivity index (χ0n) is 13.7. The van der Waals surface area contributed by atoms with Crippen LogP contribution in [0.2, 0.25) is 0 Å². The van der Waals surface area contributed by atoms with Crippen LogP contribution in [-0.4, -0.2) is 52.5 Å². The molecule has 6 nitrogen and oxygen atoms in total. The molecule has 0 bridgehead atoms. The van der Waals surface area contributed by atoms with Crippen LogP contribution in [-0.2, 0) is 4.79 Å². The lowest BCUT2D eigenvalue weighted by Crippen LogP contribution is -2.53. The molecule has 2 aromatic rings. The van der Waals surface area contributed by atoms with Crippen LogP contribution >= 0.6 is 11.3 Å². The van der Waals surface area contributed by atoms with E-state index in [-0.39, 0.29) is 17.5 Å². The number of benzene rings is 1. The number of carbonyl (C=O) groups is 2. The van der Waals surface area contributed by atoms with Gasteiger partial charge in [0.25, 0.3) is 5.91 Å². The highest BCUT2D eigenvalue weighted by atomic mass is 32.1. The quantitative estimate of drug-likeness (QED) is 0.834. The van der Waals surface area contributed by atoms with Crippen molar-refractivity contribution in [2.24, 2.45) is 0 Å². The number of rotatable bonds is 2. The van der Waals surface area contributed by atoms with Gasteiger partial charge in [-0.05, 0) is 25.1 Å². The van der Waals surface area contributed by atoms with E-state index in [1.54, 1.807) is 34.6 Å². The van der Waals surface area contributed by atoms with E-state index in [0.29, 0.717) is 12.1 Å². The average molecular weight is 355 g/mol. The first kappa shape index (κ1) is 17.0. The van der Waals surface area contributed by atoms with Gasteiger partial charge in [0, 0.05) is 48.7 Å². The fourth-order valence-electron chi connectivity index (χ4n) is 2.73. The smallest absolute Gasteiger partial charge is 0.335 e. The summed E-state index contributed by atoms with van der Waals surface area (Å²) in [6, 6.07) is 6.30. The van der Waals surface area contributed by atoms with Crippen LogP contribution in [0.3, 0.4) is 0 Å². The van der Waals surface area contributed by atoms with Crippen LogP contribution in [0.4, 0.5) is 5.13 Å². The number of carbonyl (C=O) groups excluding carboxylic acids is 1. The molecule has 25 heavy (non-hydrogen) atoms. The van der Waals surface area contributed by atoms with E-state index in [4.69, 9.17) is 5.11 Å². The molecule has 3 rings (SSSR count). The Balaban J connectivity index is 1.66. The summed E-state index contributed by atoms with van der Waals surface area (Å²) in [5.41, 5.74) is 0.673. The Bertz CT molecular complexity index is 839. The molecule has 2 heterocycles. The standard InChI is InChI=1S/C18H17N3O3S/c1-13-12-20(18-19-7-10-25-18)8-9-21(13)16(22)6-5-14-3-2-4-15(11-14)17(23)24/h2-4,7,10-11,13H,8-9,12H2,1H3,(H,23,24). The monoisotopic (exact) mass is 355 g/mol. The maximum Gasteiger partial charge on any atom is 0.335 e. The minimum Gasteiger partial charge on any atom is -0.478 e. The van der Waals surface area contributed by atoms with Gasteiger partial charge in [0.15, 0.2) is 5.13 Å². The lowest BCUT2D eigenvalue weighted by molar-refractivity contribution is -0.127. The summed E-state index contributed by atoms with van der Waals surface area (Å²) in [6.07, 6.45) is 1.78. The third kappa shape index (κ3) is 3.98. The molecule has 1 saturated heterocycles. The van der Waals surface area contributed by atoms with Gasteiger partial charge in [0.1, 0.15) is 0 Å². The molecule has 0 radical (unpaired) electrons. The lowest BCUT2D eigenvalue weighted by atomic mass is 10.1. The Kier molecular flexibility index (Phi) is 5.00. The van der Waals surface area contributed by atoms with Crippen molar-refractivity contribution in [2.45, 2.75) is 13.0 Å². The number of piperazine rings is 1. The minimum absolute atomic E-state index is 0.0322. The van der Waals surface area contributed by atoms with E-state index >= 15 is 0 Å². The summed E-state index contributed by atoms with van der Waals surface area (Å²) >= 11 is 1.59. The van der Waals surface area contributed by atoms with Gasteiger partial charge in [-0.25, -0.2) is 9.78 Å². The van der Waals surface area contributed by atoms with Crippen LogP contribution in [0.25, 0.3) is 0 Å². The predicted molar refractivity (Wildman–Crippen MR) is 95.8 cm³/mol. The number of carboxylic acid groups (broad SMARTS) is 1. The van der Waals surface area contributed by atoms with E-state index in [9.17, 15) is 9.59 Å². The Hall–Kier alpha value is -2.85. The van der Waals surface area contributed by atoms with Crippen molar-refractivity contribution in [1.82, 2.24) is 9.88 Å². The molecule has 1 fully saturated rings. The van der Waals surface area contributed by atoms with Gasteiger partial charge >= 0.3 is 5.97 Å². The molecule has 0 spiro atoms. The second-order valence-electron chi connectivity index (χ2n) is 5.74. The van der Waals surface area contributed by atoms with Crippen LogP contribution in [0.5, 0.6) is 0 Å². The maximum absolute atomic E-state index is 12.4. The summed E-state index contributed by atoms with van der Waals surface area (Å²) in [6.45, 7) is 4.02. The summed E-state index contributed by atoms with van der Waals surface area (Å²) in [5.74, 6) is 4.14. The fraction of sp³-hybridized carbons (Fsp3) is 0.278. The van der Waals surface area contributed by atoms with Gasteiger partial charge in [-0.1, -0.05) is 12.0 Å². The van der Waals surface area contributed by atoms with E-state index in [0.717, 1.165) is 18.2 Å². The van der Waals surface area contributed by atoms with E-state index < -0.39 is 5.97 Å². The van der Waals surface area contributed by atoms with Gasteiger partial charge in [-0.15, -0.1) is 11.3 Å². The van der Waals surface area contributed by atoms with Crippen LogP contribution in [0.15, 0.2) is 35.8 Å². The molecule has 0 aliphatic carbocycles. The largest absolute Gasteiger partial charge is 0.478 e. The lowest BCUT2D eigenvalue weighted by Gasteiger charge is -2.38. The Morgan fingerprint density at radius 1 is 1.36 bits per heavy atom. The molecule has 7 heteroatoms. The van der Waals surface area contributed by atoms with Crippen molar-refractivity contribution < 1.29 is 14.7 Å². The topological polar surface area (TPSA) is 73.7 Å². The number of thiazole rings is 1. The molecule has 1 unspecified atom stereocenters. The molecule has 1 atom stereocenters. The summed E-state index contributed by atoms with van der Waals surface area (Å²) < 4.78 is 0.